The summed E-state index contributed by atoms with van der Waals surface area (Å²) in [5.41, 5.74) is 4.87. The van der Waals surface area contributed by atoms with E-state index in [0.717, 1.165) is 23.7 Å². The van der Waals surface area contributed by atoms with Crippen molar-refractivity contribution in [3.05, 3.63) is 39.9 Å². The lowest BCUT2D eigenvalue weighted by atomic mass is 10.1. The Hall–Kier alpha value is -2.54. The molecule has 1 atom stereocenters. The molecule has 2 aromatic rings. The quantitative estimate of drug-likeness (QED) is 0.309. The van der Waals surface area contributed by atoms with Crippen molar-refractivity contribution in [3.63, 3.8) is 0 Å². The van der Waals surface area contributed by atoms with Crippen molar-refractivity contribution in [2.45, 2.75) is 45.3 Å². The van der Waals surface area contributed by atoms with E-state index in [9.17, 15) is 23.5 Å². The van der Waals surface area contributed by atoms with Gasteiger partial charge in [0.05, 0.1) is 12.7 Å². The molecule has 0 aliphatic heterocycles. The van der Waals surface area contributed by atoms with E-state index in [1.165, 1.54) is 0 Å². The van der Waals surface area contributed by atoms with Gasteiger partial charge in [0.15, 0.2) is 0 Å². The van der Waals surface area contributed by atoms with Gasteiger partial charge in [0.1, 0.15) is 22.2 Å². The highest BCUT2D eigenvalue weighted by atomic mass is 35.5. The Kier molecular flexibility index (Phi) is 9.98. The minimum absolute atomic E-state index is 0.0544. The number of aromatic nitrogens is 1. The maximum Gasteiger partial charge on any atom is 0.319 e. The number of benzene rings is 1. The molecule has 1 aromatic carbocycles. The average molecular weight is 520 g/mol. The molecule has 9 nitrogen and oxygen atoms in total. The Morgan fingerprint density at radius 1 is 1.29 bits per heavy atom. The molecular weight excluding hydrogens is 492 g/mol. The highest BCUT2D eigenvalue weighted by Crippen LogP contribution is 2.30. The van der Waals surface area contributed by atoms with Gasteiger partial charge in [-0.25, -0.2) is 13.6 Å². The second-order valence-electron chi connectivity index (χ2n) is 8.46. The summed E-state index contributed by atoms with van der Waals surface area (Å²) in [7, 11) is 0. The highest BCUT2D eigenvalue weighted by Gasteiger charge is 2.22. The van der Waals surface area contributed by atoms with Crippen molar-refractivity contribution in [1.29, 1.82) is 0 Å². The first-order chi connectivity index (χ1) is 15.9. The number of aliphatic hydroxyl groups excluding tert-OH is 1. The Morgan fingerprint density at radius 2 is 1.94 bits per heavy atom. The van der Waals surface area contributed by atoms with E-state index >= 15 is 0 Å². The van der Waals surface area contributed by atoms with Gasteiger partial charge in [-0.2, -0.15) is 4.37 Å². The lowest BCUT2D eigenvalue weighted by molar-refractivity contribution is 0.0997. The number of primary amides is 1. The lowest BCUT2D eigenvalue weighted by Crippen LogP contribution is -2.42. The van der Waals surface area contributed by atoms with Crippen molar-refractivity contribution >= 4 is 40.1 Å². The number of nitrogens with zero attached hydrogens (tertiary/aromatic N) is 1. The van der Waals surface area contributed by atoms with E-state index in [2.05, 4.69) is 20.3 Å². The number of nitrogens with two attached hydrogens (primary N) is 1. The van der Waals surface area contributed by atoms with E-state index in [1.54, 1.807) is 0 Å². The maximum atomic E-state index is 13.9. The largest absolute Gasteiger partial charge is 0.476 e. The molecule has 0 bridgehead atoms. The second kappa shape index (κ2) is 12.2. The minimum Gasteiger partial charge on any atom is -0.476 e. The van der Waals surface area contributed by atoms with E-state index in [1.807, 2.05) is 20.8 Å². The third-order valence-electron chi connectivity index (χ3n) is 4.46. The summed E-state index contributed by atoms with van der Waals surface area (Å²) in [5, 5.41) is 18.2. The zero-order chi connectivity index (χ0) is 25.5. The van der Waals surface area contributed by atoms with Gasteiger partial charge in [-0.15, -0.1) is 0 Å². The van der Waals surface area contributed by atoms with Crippen LogP contribution in [0.5, 0.6) is 5.88 Å². The van der Waals surface area contributed by atoms with Crippen molar-refractivity contribution < 1.29 is 28.2 Å². The smallest absolute Gasteiger partial charge is 0.319 e. The molecule has 1 unspecified atom stereocenters. The molecule has 0 aliphatic carbocycles. The molecule has 34 heavy (non-hydrogen) atoms. The van der Waals surface area contributed by atoms with E-state index in [-0.39, 0.29) is 52.1 Å². The molecule has 3 amide bonds. The molecule has 0 saturated heterocycles. The summed E-state index contributed by atoms with van der Waals surface area (Å²) in [6.45, 7) is 6.28. The number of hydrogen-bond acceptors (Lipinski definition) is 7. The number of anilines is 1. The van der Waals surface area contributed by atoms with Crippen LogP contribution in [0.3, 0.4) is 0 Å². The fourth-order valence-corrected chi connectivity index (χ4v) is 3.69. The monoisotopic (exact) mass is 519 g/mol. The standard InChI is InChI=1S/C21H28ClF2N5O4S/c1-21(2,3)27-10-12(30)4-6-26-20(32)28-19-16(17(25)31)18(29-34-19)33-7-5-13-14(23)8-11(22)9-15(13)24/h8-9,12,27,30H,4-7,10H2,1-3H3,(H2,25,31)(H2,26,28,32). The summed E-state index contributed by atoms with van der Waals surface area (Å²) < 4.78 is 37.1. The number of rotatable bonds is 11. The van der Waals surface area contributed by atoms with E-state index < -0.39 is 29.7 Å². The Labute approximate surface area is 205 Å². The van der Waals surface area contributed by atoms with Gasteiger partial charge in [-0.3, -0.25) is 10.1 Å². The van der Waals surface area contributed by atoms with Crippen LogP contribution in [0.2, 0.25) is 5.02 Å². The van der Waals surface area contributed by atoms with Crippen molar-refractivity contribution in [2.75, 3.05) is 25.0 Å². The first-order valence-electron chi connectivity index (χ1n) is 10.4. The van der Waals surface area contributed by atoms with Gasteiger partial charge >= 0.3 is 6.03 Å². The van der Waals surface area contributed by atoms with Crippen LogP contribution >= 0.6 is 23.1 Å². The molecular formula is C21H28ClF2N5O4S. The number of hydrogen-bond donors (Lipinski definition) is 5. The van der Waals surface area contributed by atoms with E-state index in [4.69, 9.17) is 22.1 Å². The Bertz CT molecular complexity index is 993. The van der Waals surface area contributed by atoms with Crippen LogP contribution in [0, 0.1) is 11.6 Å². The number of carbonyl (C=O) groups excluding carboxylic acids is 2. The van der Waals surface area contributed by atoms with Crippen LogP contribution in [0.1, 0.15) is 43.1 Å². The Balaban J connectivity index is 1.90. The molecule has 0 saturated carbocycles. The first kappa shape index (κ1) is 27.7. The third-order valence-corrected chi connectivity index (χ3v) is 5.43. The molecule has 0 radical (unpaired) electrons. The van der Waals surface area contributed by atoms with Crippen LogP contribution < -0.4 is 26.4 Å². The molecule has 2 rings (SSSR count). The topological polar surface area (TPSA) is 139 Å². The molecule has 188 valence electrons. The van der Waals surface area contributed by atoms with Crippen molar-refractivity contribution in [2.24, 2.45) is 5.73 Å². The minimum atomic E-state index is -0.897. The van der Waals surface area contributed by atoms with Gasteiger partial charge in [-0.05, 0) is 50.9 Å². The van der Waals surface area contributed by atoms with Crippen molar-refractivity contribution in [1.82, 2.24) is 15.0 Å². The zero-order valence-corrected chi connectivity index (χ0v) is 20.6. The second-order valence-corrected chi connectivity index (χ2v) is 9.67. The fraction of sp³-hybridized carbons (Fsp3) is 0.476. The normalized spacial score (nSPS) is 12.3. The maximum absolute atomic E-state index is 13.9. The molecule has 13 heteroatoms. The fourth-order valence-electron chi connectivity index (χ4n) is 2.76. The first-order valence-corrected chi connectivity index (χ1v) is 11.6. The molecule has 1 heterocycles. The number of halogens is 3. The number of amides is 3. The number of nitrogens with one attached hydrogen (secondary N) is 3. The summed E-state index contributed by atoms with van der Waals surface area (Å²) in [6, 6.07) is 1.34. The van der Waals surface area contributed by atoms with Gasteiger partial charge < -0.3 is 26.2 Å². The van der Waals surface area contributed by atoms with Gasteiger partial charge in [0.25, 0.3) is 5.91 Å². The summed E-state index contributed by atoms with van der Waals surface area (Å²) in [4.78, 5) is 24.1. The number of β-amino-alcohol motifs (C(OH)–C–C–N with tert-alkyl or cyclic N) is 1. The number of urea groups is 1. The number of aliphatic hydroxyl groups is 1. The predicted molar refractivity (Wildman–Crippen MR) is 127 cm³/mol. The molecule has 0 fully saturated rings. The molecule has 1 aromatic heterocycles. The summed E-state index contributed by atoms with van der Waals surface area (Å²) >= 11 is 6.37. The average Bonchev–Trinajstić information content (AvgIpc) is 3.10. The molecule has 6 N–H and O–H groups in total. The van der Waals surface area contributed by atoms with Crippen LogP contribution in [-0.2, 0) is 6.42 Å². The van der Waals surface area contributed by atoms with Crippen LogP contribution in [0.15, 0.2) is 12.1 Å². The predicted octanol–water partition coefficient (Wildman–Crippen LogP) is 3.06. The zero-order valence-electron chi connectivity index (χ0n) is 19.0. The highest BCUT2D eigenvalue weighted by molar-refractivity contribution is 7.11. The lowest BCUT2D eigenvalue weighted by Gasteiger charge is -2.22. The third kappa shape index (κ3) is 8.67. The van der Waals surface area contributed by atoms with Crippen LogP contribution in [0.25, 0.3) is 0 Å². The molecule has 0 aliphatic rings. The summed E-state index contributed by atoms with van der Waals surface area (Å²) in [5.74, 6) is -2.70. The number of carbonyl (C=O) groups is 2. The van der Waals surface area contributed by atoms with Gasteiger partial charge in [-0.1, -0.05) is 11.6 Å². The van der Waals surface area contributed by atoms with Crippen molar-refractivity contribution in [3.8, 4) is 5.88 Å². The SMILES string of the molecule is CC(C)(C)NCC(O)CCNC(=O)Nc1snc(OCCc2c(F)cc(Cl)cc2F)c1C(N)=O. The van der Waals surface area contributed by atoms with Gasteiger partial charge in [0.2, 0.25) is 5.88 Å². The van der Waals surface area contributed by atoms with Gasteiger partial charge in [0, 0.05) is 35.6 Å². The molecule has 0 spiro atoms. The van der Waals surface area contributed by atoms with Crippen LogP contribution in [0.4, 0.5) is 18.6 Å². The Morgan fingerprint density at radius 3 is 2.53 bits per heavy atom. The van der Waals surface area contributed by atoms with Crippen LogP contribution in [-0.4, -0.2) is 52.8 Å². The number of ether oxygens (including phenoxy) is 1. The summed E-state index contributed by atoms with van der Waals surface area (Å²) in [6.07, 6.45) is -0.492. The van der Waals surface area contributed by atoms with E-state index in [0.29, 0.717) is 13.0 Å².